The number of aliphatic carboxylic acids is 1. The molecule has 0 amide bonds. The van der Waals surface area contributed by atoms with Crippen LogP contribution in [0.5, 0.6) is 0 Å². The van der Waals surface area contributed by atoms with Crippen LogP contribution in [0.3, 0.4) is 0 Å². The molecule has 0 aliphatic heterocycles. The van der Waals surface area contributed by atoms with Gasteiger partial charge in [0.25, 0.3) is 0 Å². The summed E-state index contributed by atoms with van der Waals surface area (Å²) in [6, 6.07) is 6.42. The Balaban J connectivity index is 0.00000149. The minimum absolute atomic E-state index is 0.133. The highest BCUT2D eigenvalue weighted by molar-refractivity contribution is 7.89. The average molecular weight is 341 g/mol. The second-order valence-electron chi connectivity index (χ2n) is 5.64. The third-order valence-corrected chi connectivity index (χ3v) is 4.79. The van der Waals surface area contributed by atoms with Crippen molar-refractivity contribution in [1.82, 2.24) is 4.31 Å². The van der Waals surface area contributed by atoms with E-state index in [-0.39, 0.29) is 11.4 Å². The molecule has 130 valence electrons. The van der Waals surface area contributed by atoms with Crippen molar-refractivity contribution in [2.24, 2.45) is 5.92 Å². The third-order valence-electron chi connectivity index (χ3n) is 2.93. The molecule has 0 aliphatic rings. The summed E-state index contributed by atoms with van der Waals surface area (Å²) in [6.45, 7) is 10.8. The van der Waals surface area contributed by atoms with Crippen molar-refractivity contribution in [3.05, 3.63) is 42.5 Å². The van der Waals surface area contributed by atoms with Gasteiger partial charge in [0.15, 0.2) is 0 Å². The lowest BCUT2D eigenvalue weighted by molar-refractivity contribution is -0.137. The summed E-state index contributed by atoms with van der Waals surface area (Å²) in [5, 5.41) is 8.90. The molecule has 0 bridgehead atoms. The number of nitrogens with zero attached hydrogens (tertiary/aromatic N) is 1. The minimum Gasteiger partial charge on any atom is -0.480 e. The second-order valence-corrected chi connectivity index (χ2v) is 7.57. The first-order valence-corrected chi connectivity index (χ1v) is 8.94. The quantitative estimate of drug-likeness (QED) is 0.772. The summed E-state index contributed by atoms with van der Waals surface area (Å²) >= 11 is 0. The van der Waals surface area contributed by atoms with Gasteiger partial charge in [-0.05, 0) is 38.3 Å². The summed E-state index contributed by atoms with van der Waals surface area (Å²) in [4.78, 5) is 11.0. The van der Waals surface area contributed by atoms with Crippen molar-refractivity contribution in [3.63, 3.8) is 0 Å². The van der Waals surface area contributed by atoms with Crippen LogP contribution in [0, 0.1) is 12.8 Å². The fourth-order valence-electron chi connectivity index (χ4n) is 1.70. The number of carboxylic acids is 1. The van der Waals surface area contributed by atoms with Crippen molar-refractivity contribution < 1.29 is 18.3 Å². The van der Waals surface area contributed by atoms with Gasteiger partial charge in [0.05, 0.1) is 4.90 Å². The summed E-state index contributed by atoms with van der Waals surface area (Å²) < 4.78 is 25.9. The number of carbonyl (C=O) groups is 1. The molecule has 0 atom stereocenters. The van der Waals surface area contributed by atoms with Crippen molar-refractivity contribution in [3.8, 4) is 0 Å². The highest BCUT2D eigenvalue weighted by atomic mass is 32.2. The van der Waals surface area contributed by atoms with Crippen LogP contribution in [-0.2, 0) is 14.8 Å². The fourth-order valence-corrected chi connectivity index (χ4v) is 3.10. The molecule has 1 N–H and O–H groups in total. The van der Waals surface area contributed by atoms with Gasteiger partial charge in [0, 0.05) is 6.54 Å². The van der Waals surface area contributed by atoms with Crippen LogP contribution < -0.4 is 0 Å². The van der Waals surface area contributed by atoms with Crippen LogP contribution in [0.1, 0.15) is 32.8 Å². The molecule has 1 aromatic rings. The molecule has 1 rings (SSSR count). The topological polar surface area (TPSA) is 74.7 Å². The van der Waals surface area contributed by atoms with E-state index >= 15 is 0 Å². The Labute approximate surface area is 139 Å². The maximum atomic E-state index is 12.5. The summed E-state index contributed by atoms with van der Waals surface area (Å²) in [5.74, 6) is -0.844. The van der Waals surface area contributed by atoms with Gasteiger partial charge in [-0.2, -0.15) is 4.31 Å². The maximum absolute atomic E-state index is 12.5. The molecule has 0 unspecified atom stereocenters. The SMILES string of the molecule is C=CC.Cc1ccc(S(=O)(=O)N(CCC(C)C)CC(=O)O)cc1. The summed E-state index contributed by atoms with van der Waals surface area (Å²) in [5.41, 5.74) is 0.955. The number of allylic oxidation sites excluding steroid dienone is 1. The lowest BCUT2D eigenvalue weighted by Crippen LogP contribution is -2.36. The molecule has 0 aromatic heterocycles. The first kappa shape index (κ1) is 21.3. The van der Waals surface area contributed by atoms with E-state index in [9.17, 15) is 13.2 Å². The third kappa shape index (κ3) is 7.95. The van der Waals surface area contributed by atoms with E-state index in [2.05, 4.69) is 6.58 Å². The zero-order valence-corrected chi connectivity index (χ0v) is 15.1. The van der Waals surface area contributed by atoms with Gasteiger partial charge in [-0.3, -0.25) is 4.79 Å². The fraction of sp³-hybridized carbons (Fsp3) is 0.471. The normalized spacial score (nSPS) is 11.0. The van der Waals surface area contributed by atoms with E-state index in [0.717, 1.165) is 9.87 Å². The molecule has 0 fully saturated rings. The molecule has 0 radical (unpaired) electrons. The zero-order chi connectivity index (χ0) is 18.0. The number of sulfonamides is 1. The predicted molar refractivity (Wildman–Crippen MR) is 92.9 cm³/mol. The first-order valence-electron chi connectivity index (χ1n) is 7.50. The maximum Gasteiger partial charge on any atom is 0.318 e. The molecule has 0 spiro atoms. The molecule has 0 aliphatic carbocycles. The van der Waals surface area contributed by atoms with Crippen molar-refractivity contribution >= 4 is 16.0 Å². The number of hydrogen-bond acceptors (Lipinski definition) is 3. The molecule has 5 nitrogen and oxygen atoms in total. The van der Waals surface area contributed by atoms with Gasteiger partial charge < -0.3 is 5.11 Å². The van der Waals surface area contributed by atoms with Gasteiger partial charge in [0.1, 0.15) is 6.54 Å². The Hall–Kier alpha value is -1.66. The molecular formula is C17H27NO4S. The Morgan fingerprint density at radius 3 is 2.17 bits per heavy atom. The number of rotatable bonds is 7. The zero-order valence-electron chi connectivity index (χ0n) is 14.3. The monoisotopic (exact) mass is 341 g/mol. The Bertz CT molecular complexity index is 592. The van der Waals surface area contributed by atoms with E-state index < -0.39 is 22.5 Å². The standard InChI is InChI=1S/C14H21NO4S.C3H6/c1-11(2)8-9-15(10-14(16)17)20(18,19)13-6-4-12(3)5-7-13;1-3-2/h4-7,11H,8-10H2,1-3H3,(H,16,17);3H,1H2,2H3. The van der Waals surface area contributed by atoms with Gasteiger partial charge in [-0.25, -0.2) is 8.42 Å². The lowest BCUT2D eigenvalue weighted by atomic mass is 10.1. The second kappa shape index (κ2) is 10.2. The Kier molecular flexibility index (Phi) is 9.44. The van der Waals surface area contributed by atoms with E-state index in [1.165, 1.54) is 12.1 Å². The molecule has 6 heteroatoms. The van der Waals surface area contributed by atoms with E-state index in [1.54, 1.807) is 18.2 Å². The summed E-state index contributed by atoms with van der Waals surface area (Å²) in [7, 11) is -3.76. The predicted octanol–water partition coefficient (Wildman–Crippen LogP) is 3.31. The van der Waals surface area contributed by atoms with Crippen molar-refractivity contribution in [1.29, 1.82) is 0 Å². The molecule has 1 aromatic carbocycles. The molecular weight excluding hydrogens is 314 g/mol. The van der Waals surface area contributed by atoms with Gasteiger partial charge >= 0.3 is 5.97 Å². The van der Waals surface area contributed by atoms with E-state index in [0.29, 0.717) is 12.3 Å². The van der Waals surface area contributed by atoms with Crippen LogP contribution >= 0.6 is 0 Å². The van der Waals surface area contributed by atoms with Gasteiger partial charge in [0.2, 0.25) is 10.0 Å². The molecule has 0 saturated carbocycles. The Morgan fingerprint density at radius 2 is 1.78 bits per heavy atom. The van der Waals surface area contributed by atoms with Gasteiger partial charge in [-0.1, -0.05) is 37.6 Å². The average Bonchev–Trinajstić information content (AvgIpc) is 2.44. The van der Waals surface area contributed by atoms with Crippen LogP contribution in [0.2, 0.25) is 0 Å². The Morgan fingerprint density at radius 1 is 1.30 bits per heavy atom. The molecule has 0 saturated heterocycles. The van der Waals surface area contributed by atoms with Crippen LogP contribution in [0.25, 0.3) is 0 Å². The van der Waals surface area contributed by atoms with E-state index in [4.69, 9.17) is 5.11 Å². The molecule has 23 heavy (non-hydrogen) atoms. The van der Waals surface area contributed by atoms with Crippen LogP contribution in [0.4, 0.5) is 0 Å². The summed E-state index contributed by atoms with van der Waals surface area (Å²) in [6.07, 6.45) is 2.37. The number of carboxylic acid groups (broad SMARTS) is 1. The van der Waals surface area contributed by atoms with E-state index in [1.807, 2.05) is 27.7 Å². The van der Waals surface area contributed by atoms with Crippen molar-refractivity contribution in [2.75, 3.05) is 13.1 Å². The number of hydrogen-bond donors (Lipinski definition) is 1. The highest BCUT2D eigenvalue weighted by Gasteiger charge is 2.26. The largest absolute Gasteiger partial charge is 0.480 e. The smallest absolute Gasteiger partial charge is 0.318 e. The highest BCUT2D eigenvalue weighted by Crippen LogP contribution is 2.17. The van der Waals surface area contributed by atoms with Crippen LogP contribution in [0.15, 0.2) is 41.8 Å². The minimum atomic E-state index is -3.76. The lowest BCUT2D eigenvalue weighted by Gasteiger charge is -2.21. The number of aryl methyl sites for hydroxylation is 1. The first-order chi connectivity index (χ1) is 10.6. The van der Waals surface area contributed by atoms with Crippen molar-refractivity contribution in [2.45, 2.75) is 39.0 Å². The van der Waals surface area contributed by atoms with Crippen LogP contribution in [-0.4, -0.2) is 36.9 Å². The molecule has 0 heterocycles. The van der Waals surface area contributed by atoms with Gasteiger partial charge in [-0.15, -0.1) is 6.58 Å². The number of benzene rings is 1.